The molecule has 1 aromatic rings. The molecular weight excluding hydrogens is 286 g/mol. The number of hydrogen-bond acceptors (Lipinski definition) is 1. The van der Waals surface area contributed by atoms with Crippen LogP contribution in [0.15, 0.2) is 17.1 Å². The number of pyridine rings is 1. The fraction of sp³-hybridized carbons (Fsp3) is 0.167. The molecule has 2 nitrogen and oxygen atoms in total. The Morgan fingerprint density at radius 2 is 2.00 bits per heavy atom. The van der Waals surface area contributed by atoms with Crippen molar-refractivity contribution in [2.24, 2.45) is 0 Å². The molecule has 0 bridgehead atoms. The van der Waals surface area contributed by atoms with Crippen molar-refractivity contribution in [1.82, 2.24) is 4.98 Å². The molecule has 1 rings (SSSR count). The third-order valence-corrected chi connectivity index (χ3v) is 1.81. The van der Waals surface area contributed by atoms with E-state index >= 15 is 0 Å². The van der Waals surface area contributed by atoms with Gasteiger partial charge in [-0.3, -0.25) is 4.79 Å². The minimum Gasteiger partial charge on any atom is -0.356 e. The summed E-state index contributed by atoms with van der Waals surface area (Å²) in [6, 6.07) is 0.906. The molecule has 66 valence electrons. The van der Waals surface area contributed by atoms with E-state index in [1.54, 1.807) is 22.6 Å². The average Bonchev–Trinajstić information content (AvgIpc) is 1.83. The summed E-state index contributed by atoms with van der Waals surface area (Å²) >= 11 is 1.73. The lowest BCUT2D eigenvalue weighted by atomic mass is 10.3. The maximum absolute atomic E-state index is 12.0. The summed E-state index contributed by atoms with van der Waals surface area (Å²) < 4.78 is 36.3. The standard InChI is InChI=1S/C6H3F3INO/c7-6(8,9)3-2-11-5(10)1-4(3)12/h1-2H,(H,11,12). The number of aromatic amines is 1. The fourth-order valence-electron chi connectivity index (χ4n) is 0.668. The van der Waals surface area contributed by atoms with E-state index in [-0.39, 0.29) is 0 Å². The predicted octanol–water partition coefficient (Wildman–Crippen LogP) is 2.00. The monoisotopic (exact) mass is 289 g/mol. The number of alkyl halides is 3. The van der Waals surface area contributed by atoms with Gasteiger partial charge in [-0.05, 0) is 22.6 Å². The molecule has 12 heavy (non-hydrogen) atoms. The minimum atomic E-state index is -4.57. The first-order valence-electron chi connectivity index (χ1n) is 2.86. The molecular formula is C6H3F3INO. The summed E-state index contributed by atoms with van der Waals surface area (Å²) in [5.41, 5.74) is -2.17. The molecule has 0 unspecified atom stereocenters. The van der Waals surface area contributed by atoms with E-state index in [1.165, 1.54) is 0 Å². The van der Waals surface area contributed by atoms with Crippen LogP contribution in [-0.4, -0.2) is 4.98 Å². The van der Waals surface area contributed by atoms with Crippen molar-refractivity contribution in [2.75, 3.05) is 0 Å². The summed E-state index contributed by atoms with van der Waals surface area (Å²) in [7, 11) is 0. The van der Waals surface area contributed by atoms with Crippen LogP contribution >= 0.6 is 22.6 Å². The second kappa shape index (κ2) is 3.08. The van der Waals surface area contributed by atoms with Gasteiger partial charge in [-0.25, -0.2) is 0 Å². The van der Waals surface area contributed by atoms with E-state index in [2.05, 4.69) is 4.98 Å². The Hall–Kier alpha value is -0.530. The SMILES string of the molecule is O=c1cc(I)[nH]cc1C(F)(F)F. The Morgan fingerprint density at radius 3 is 2.42 bits per heavy atom. The van der Waals surface area contributed by atoms with Gasteiger partial charge >= 0.3 is 6.18 Å². The van der Waals surface area contributed by atoms with E-state index in [9.17, 15) is 18.0 Å². The molecule has 1 aromatic heterocycles. The molecule has 0 aliphatic heterocycles. The average molecular weight is 289 g/mol. The fourth-order valence-corrected chi connectivity index (χ4v) is 1.11. The Bertz CT molecular complexity index is 343. The lowest BCUT2D eigenvalue weighted by Gasteiger charge is -2.04. The van der Waals surface area contributed by atoms with E-state index in [1.807, 2.05) is 0 Å². The number of H-pyrrole nitrogens is 1. The maximum Gasteiger partial charge on any atom is 0.421 e. The Kier molecular flexibility index (Phi) is 2.45. The Labute approximate surface area is 78.9 Å². The Morgan fingerprint density at radius 1 is 1.42 bits per heavy atom. The van der Waals surface area contributed by atoms with E-state index in [0.29, 0.717) is 9.90 Å². The highest BCUT2D eigenvalue weighted by atomic mass is 127. The van der Waals surface area contributed by atoms with Crippen LogP contribution in [0.4, 0.5) is 13.2 Å². The number of rotatable bonds is 0. The van der Waals surface area contributed by atoms with Crippen molar-refractivity contribution in [1.29, 1.82) is 0 Å². The van der Waals surface area contributed by atoms with Crippen LogP contribution in [0.3, 0.4) is 0 Å². The molecule has 0 atom stereocenters. The minimum absolute atomic E-state index is 0.380. The first-order chi connectivity index (χ1) is 5.41. The van der Waals surface area contributed by atoms with E-state index in [4.69, 9.17) is 0 Å². The third kappa shape index (κ3) is 1.99. The largest absolute Gasteiger partial charge is 0.421 e. The second-order valence-corrected chi connectivity index (χ2v) is 3.22. The number of hydrogen-bond donors (Lipinski definition) is 1. The highest BCUT2D eigenvalue weighted by molar-refractivity contribution is 14.1. The first kappa shape index (κ1) is 9.56. The number of halogens is 4. The quantitative estimate of drug-likeness (QED) is 0.575. The van der Waals surface area contributed by atoms with Crippen LogP contribution in [0.1, 0.15) is 5.56 Å². The lowest BCUT2D eigenvalue weighted by molar-refractivity contribution is -0.138. The van der Waals surface area contributed by atoms with Crippen LogP contribution in [0.5, 0.6) is 0 Å². The smallest absolute Gasteiger partial charge is 0.356 e. The van der Waals surface area contributed by atoms with Gasteiger partial charge in [0.1, 0.15) is 5.56 Å². The summed E-state index contributed by atoms with van der Waals surface area (Å²) in [5.74, 6) is 0. The van der Waals surface area contributed by atoms with E-state index < -0.39 is 17.2 Å². The van der Waals surface area contributed by atoms with Gasteiger partial charge < -0.3 is 4.98 Å². The molecule has 0 aliphatic carbocycles. The van der Waals surface area contributed by atoms with Crippen LogP contribution in [-0.2, 0) is 6.18 Å². The molecule has 1 N–H and O–H groups in total. The van der Waals surface area contributed by atoms with Crippen LogP contribution < -0.4 is 5.43 Å². The lowest BCUT2D eigenvalue weighted by Crippen LogP contribution is -2.19. The number of aromatic nitrogens is 1. The van der Waals surface area contributed by atoms with Crippen molar-refractivity contribution in [3.8, 4) is 0 Å². The second-order valence-electron chi connectivity index (χ2n) is 2.06. The molecule has 0 amide bonds. The Balaban J connectivity index is 3.29. The molecule has 0 saturated heterocycles. The van der Waals surface area contributed by atoms with Gasteiger partial charge in [0.25, 0.3) is 0 Å². The molecule has 1 heterocycles. The highest BCUT2D eigenvalue weighted by Crippen LogP contribution is 2.25. The van der Waals surface area contributed by atoms with Gasteiger partial charge in [-0.1, -0.05) is 0 Å². The summed E-state index contributed by atoms with van der Waals surface area (Å²) in [6.07, 6.45) is -3.90. The zero-order chi connectivity index (χ0) is 9.35. The molecule has 0 saturated carbocycles. The third-order valence-electron chi connectivity index (χ3n) is 1.18. The van der Waals surface area contributed by atoms with E-state index in [0.717, 1.165) is 6.07 Å². The molecule has 0 aliphatic rings. The van der Waals surface area contributed by atoms with Gasteiger partial charge in [0.15, 0.2) is 5.43 Å². The van der Waals surface area contributed by atoms with Crippen LogP contribution in [0.25, 0.3) is 0 Å². The maximum atomic E-state index is 12.0. The molecule has 0 radical (unpaired) electrons. The van der Waals surface area contributed by atoms with Gasteiger partial charge in [-0.15, -0.1) is 0 Å². The highest BCUT2D eigenvalue weighted by Gasteiger charge is 2.33. The normalized spacial score (nSPS) is 11.7. The van der Waals surface area contributed by atoms with Crippen molar-refractivity contribution >= 4 is 22.6 Å². The van der Waals surface area contributed by atoms with Gasteiger partial charge in [0.2, 0.25) is 0 Å². The molecule has 0 aromatic carbocycles. The molecule has 6 heteroatoms. The van der Waals surface area contributed by atoms with Gasteiger partial charge in [0, 0.05) is 12.3 Å². The van der Waals surface area contributed by atoms with Crippen molar-refractivity contribution in [3.63, 3.8) is 0 Å². The first-order valence-corrected chi connectivity index (χ1v) is 3.94. The van der Waals surface area contributed by atoms with Crippen molar-refractivity contribution in [3.05, 3.63) is 31.8 Å². The zero-order valence-electron chi connectivity index (χ0n) is 5.57. The zero-order valence-corrected chi connectivity index (χ0v) is 7.73. The van der Waals surface area contributed by atoms with Crippen molar-refractivity contribution < 1.29 is 13.2 Å². The number of nitrogens with one attached hydrogen (secondary N) is 1. The summed E-state index contributed by atoms with van der Waals surface area (Å²) in [6.45, 7) is 0. The molecule has 0 spiro atoms. The summed E-state index contributed by atoms with van der Waals surface area (Å²) in [4.78, 5) is 13.1. The topological polar surface area (TPSA) is 32.9 Å². The summed E-state index contributed by atoms with van der Waals surface area (Å²) in [5, 5.41) is 0. The predicted molar refractivity (Wildman–Crippen MR) is 44.8 cm³/mol. The van der Waals surface area contributed by atoms with Gasteiger partial charge in [0.05, 0.1) is 3.70 Å². The van der Waals surface area contributed by atoms with Gasteiger partial charge in [-0.2, -0.15) is 13.2 Å². The van der Waals surface area contributed by atoms with Crippen LogP contribution in [0.2, 0.25) is 0 Å². The van der Waals surface area contributed by atoms with Crippen molar-refractivity contribution in [2.45, 2.75) is 6.18 Å². The molecule has 0 fully saturated rings. The van der Waals surface area contributed by atoms with Crippen LogP contribution in [0, 0.1) is 3.70 Å².